The van der Waals surface area contributed by atoms with E-state index in [4.69, 9.17) is 11.6 Å². The molecule has 1 aromatic heterocycles. The standard InChI is InChI=1S/C11H20ClN3/c1-3-6-13-7-4-5-10(2)15-9-11(12)8-14-15/h8-10,13H,3-7H2,1-2H3. The molecule has 1 rings (SSSR count). The van der Waals surface area contributed by atoms with Gasteiger partial charge >= 0.3 is 0 Å². The molecule has 3 nitrogen and oxygen atoms in total. The minimum atomic E-state index is 0.431. The summed E-state index contributed by atoms with van der Waals surface area (Å²) < 4.78 is 1.93. The van der Waals surface area contributed by atoms with E-state index in [-0.39, 0.29) is 0 Å². The smallest absolute Gasteiger partial charge is 0.0785 e. The van der Waals surface area contributed by atoms with Crippen molar-refractivity contribution in [3.8, 4) is 0 Å². The van der Waals surface area contributed by atoms with Gasteiger partial charge < -0.3 is 5.32 Å². The second-order valence-electron chi connectivity index (χ2n) is 3.88. The average Bonchev–Trinajstić information content (AvgIpc) is 2.64. The summed E-state index contributed by atoms with van der Waals surface area (Å²) in [4.78, 5) is 0. The molecule has 1 heterocycles. The molecule has 1 unspecified atom stereocenters. The lowest BCUT2D eigenvalue weighted by atomic mass is 10.2. The van der Waals surface area contributed by atoms with Crippen LogP contribution in [0.2, 0.25) is 5.02 Å². The van der Waals surface area contributed by atoms with Crippen LogP contribution in [0.5, 0.6) is 0 Å². The van der Waals surface area contributed by atoms with Gasteiger partial charge in [-0.1, -0.05) is 18.5 Å². The quantitative estimate of drug-likeness (QED) is 0.729. The molecule has 15 heavy (non-hydrogen) atoms. The Kier molecular flexibility index (Phi) is 5.73. The summed E-state index contributed by atoms with van der Waals surface area (Å²) in [5.41, 5.74) is 0. The Balaban J connectivity index is 2.16. The number of rotatable bonds is 7. The number of halogens is 1. The Morgan fingerprint density at radius 1 is 1.53 bits per heavy atom. The van der Waals surface area contributed by atoms with Crippen molar-refractivity contribution >= 4 is 11.6 Å². The third-order valence-electron chi connectivity index (χ3n) is 2.42. The molecule has 86 valence electrons. The van der Waals surface area contributed by atoms with Crippen molar-refractivity contribution in [2.75, 3.05) is 13.1 Å². The van der Waals surface area contributed by atoms with Gasteiger partial charge in [-0.2, -0.15) is 5.10 Å². The number of hydrogen-bond donors (Lipinski definition) is 1. The van der Waals surface area contributed by atoms with Gasteiger partial charge in [0.2, 0.25) is 0 Å². The van der Waals surface area contributed by atoms with Gasteiger partial charge in [-0.25, -0.2) is 0 Å². The molecule has 1 N–H and O–H groups in total. The van der Waals surface area contributed by atoms with E-state index in [1.807, 2.05) is 10.9 Å². The van der Waals surface area contributed by atoms with Crippen LogP contribution in [-0.2, 0) is 0 Å². The molecule has 0 amide bonds. The van der Waals surface area contributed by atoms with Crippen LogP contribution in [0.1, 0.15) is 39.2 Å². The van der Waals surface area contributed by atoms with Crippen LogP contribution in [-0.4, -0.2) is 22.9 Å². The zero-order valence-electron chi connectivity index (χ0n) is 9.54. The molecule has 0 bridgehead atoms. The monoisotopic (exact) mass is 229 g/mol. The van der Waals surface area contributed by atoms with Crippen LogP contribution in [0.15, 0.2) is 12.4 Å². The molecule has 0 aromatic carbocycles. The molecule has 0 aliphatic heterocycles. The largest absolute Gasteiger partial charge is 0.317 e. The van der Waals surface area contributed by atoms with Gasteiger partial charge in [-0.05, 0) is 39.3 Å². The van der Waals surface area contributed by atoms with Gasteiger partial charge in [0.15, 0.2) is 0 Å². The number of aromatic nitrogens is 2. The molecule has 0 aliphatic rings. The zero-order chi connectivity index (χ0) is 11.1. The lowest BCUT2D eigenvalue weighted by Gasteiger charge is -2.11. The molecule has 0 saturated heterocycles. The van der Waals surface area contributed by atoms with Gasteiger partial charge in [0.1, 0.15) is 0 Å². The van der Waals surface area contributed by atoms with E-state index in [1.165, 1.54) is 12.8 Å². The Labute approximate surface area is 96.8 Å². The summed E-state index contributed by atoms with van der Waals surface area (Å²) in [6, 6.07) is 0.431. The Morgan fingerprint density at radius 2 is 2.33 bits per heavy atom. The van der Waals surface area contributed by atoms with Gasteiger partial charge in [0, 0.05) is 12.2 Å². The van der Waals surface area contributed by atoms with Crippen LogP contribution in [0, 0.1) is 0 Å². The van der Waals surface area contributed by atoms with Crippen LogP contribution in [0.4, 0.5) is 0 Å². The topological polar surface area (TPSA) is 29.9 Å². The molecule has 4 heteroatoms. The van der Waals surface area contributed by atoms with E-state index in [2.05, 4.69) is 24.3 Å². The van der Waals surface area contributed by atoms with E-state index in [0.29, 0.717) is 11.1 Å². The van der Waals surface area contributed by atoms with Gasteiger partial charge in [0.25, 0.3) is 0 Å². The minimum absolute atomic E-state index is 0.431. The second-order valence-corrected chi connectivity index (χ2v) is 4.32. The predicted octanol–water partition coefficient (Wildman–Crippen LogP) is 2.88. The number of hydrogen-bond acceptors (Lipinski definition) is 2. The van der Waals surface area contributed by atoms with Crippen molar-refractivity contribution in [2.45, 2.75) is 39.2 Å². The zero-order valence-corrected chi connectivity index (χ0v) is 10.3. The van der Waals surface area contributed by atoms with Crippen LogP contribution in [0.25, 0.3) is 0 Å². The number of nitrogens with zero attached hydrogens (tertiary/aromatic N) is 2. The second kappa shape index (κ2) is 6.85. The minimum Gasteiger partial charge on any atom is -0.317 e. The van der Waals surface area contributed by atoms with Crippen molar-refractivity contribution in [3.63, 3.8) is 0 Å². The molecule has 1 atom stereocenters. The molecule has 0 spiro atoms. The van der Waals surface area contributed by atoms with Crippen LogP contribution < -0.4 is 5.32 Å². The normalized spacial score (nSPS) is 13.0. The first-order valence-electron chi connectivity index (χ1n) is 5.64. The summed E-state index contributed by atoms with van der Waals surface area (Å²) in [5, 5.41) is 8.30. The molecule has 1 aromatic rings. The molecule has 0 aliphatic carbocycles. The Morgan fingerprint density at radius 3 is 2.93 bits per heavy atom. The Hall–Kier alpha value is -0.540. The van der Waals surface area contributed by atoms with E-state index in [9.17, 15) is 0 Å². The van der Waals surface area contributed by atoms with Crippen molar-refractivity contribution in [1.82, 2.24) is 15.1 Å². The lowest BCUT2D eigenvalue weighted by molar-refractivity contribution is 0.439. The third-order valence-corrected chi connectivity index (χ3v) is 2.62. The summed E-state index contributed by atoms with van der Waals surface area (Å²) >= 11 is 5.81. The fourth-order valence-corrected chi connectivity index (χ4v) is 1.66. The highest BCUT2D eigenvalue weighted by molar-refractivity contribution is 6.30. The first-order valence-corrected chi connectivity index (χ1v) is 6.02. The number of nitrogens with one attached hydrogen (secondary N) is 1. The Bertz CT molecular complexity index is 273. The van der Waals surface area contributed by atoms with Gasteiger partial charge in [-0.15, -0.1) is 0 Å². The summed E-state index contributed by atoms with van der Waals surface area (Å²) in [6.07, 6.45) is 7.08. The first-order chi connectivity index (χ1) is 7.24. The van der Waals surface area contributed by atoms with E-state index >= 15 is 0 Å². The highest BCUT2D eigenvalue weighted by atomic mass is 35.5. The molecule has 0 saturated carbocycles. The van der Waals surface area contributed by atoms with E-state index in [1.54, 1.807) is 6.20 Å². The molecule has 0 fully saturated rings. The van der Waals surface area contributed by atoms with Gasteiger partial charge in [-0.3, -0.25) is 4.68 Å². The predicted molar refractivity (Wildman–Crippen MR) is 64.3 cm³/mol. The molecular weight excluding hydrogens is 210 g/mol. The first kappa shape index (κ1) is 12.5. The SMILES string of the molecule is CCCNCCCC(C)n1cc(Cl)cn1. The van der Waals surface area contributed by atoms with Crippen molar-refractivity contribution < 1.29 is 0 Å². The van der Waals surface area contributed by atoms with Crippen molar-refractivity contribution in [1.29, 1.82) is 0 Å². The summed E-state index contributed by atoms with van der Waals surface area (Å²) in [5.74, 6) is 0. The van der Waals surface area contributed by atoms with Crippen LogP contribution >= 0.6 is 11.6 Å². The van der Waals surface area contributed by atoms with Gasteiger partial charge in [0.05, 0.1) is 11.2 Å². The van der Waals surface area contributed by atoms with Crippen LogP contribution in [0.3, 0.4) is 0 Å². The van der Waals surface area contributed by atoms with E-state index < -0.39 is 0 Å². The maximum atomic E-state index is 5.81. The van der Waals surface area contributed by atoms with Crippen molar-refractivity contribution in [2.24, 2.45) is 0 Å². The fourth-order valence-electron chi connectivity index (χ4n) is 1.51. The lowest BCUT2D eigenvalue weighted by Crippen LogP contribution is -2.17. The van der Waals surface area contributed by atoms with E-state index in [0.717, 1.165) is 19.5 Å². The molecule has 0 radical (unpaired) electrons. The summed E-state index contributed by atoms with van der Waals surface area (Å²) in [7, 11) is 0. The maximum absolute atomic E-state index is 5.81. The highest BCUT2D eigenvalue weighted by Crippen LogP contribution is 2.14. The summed E-state index contributed by atoms with van der Waals surface area (Å²) in [6.45, 7) is 6.56. The maximum Gasteiger partial charge on any atom is 0.0785 e. The third kappa shape index (κ3) is 4.67. The van der Waals surface area contributed by atoms with Crippen molar-refractivity contribution in [3.05, 3.63) is 17.4 Å². The highest BCUT2D eigenvalue weighted by Gasteiger charge is 2.05. The molecular formula is C11H20ClN3. The average molecular weight is 230 g/mol. The fraction of sp³-hybridized carbons (Fsp3) is 0.727.